The van der Waals surface area contributed by atoms with Gasteiger partial charge < -0.3 is 4.74 Å². The zero-order valence-electron chi connectivity index (χ0n) is 11.0. The summed E-state index contributed by atoms with van der Waals surface area (Å²) in [7, 11) is 5.17. The van der Waals surface area contributed by atoms with E-state index in [0.29, 0.717) is 18.8 Å². The molecule has 0 fully saturated rings. The first kappa shape index (κ1) is 20.2. The number of halogens is 1. The fourth-order valence-corrected chi connectivity index (χ4v) is 1.37. The Balaban J connectivity index is 0. The molecule has 0 spiro atoms. The molecule has 0 aliphatic rings. The minimum atomic E-state index is -0.298. The number of esters is 1. The molecule has 0 atom stereocenters. The number of hydrogen-bond donors (Lipinski definition) is 1. The second-order valence-electron chi connectivity index (χ2n) is 3.65. The zero-order chi connectivity index (χ0) is 13.4. The third-order valence-electron chi connectivity index (χ3n) is 2.09. The molecule has 2 radical (unpaired) electrons. The third kappa shape index (κ3) is 22.6. The molecule has 17 heavy (non-hydrogen) atoms. The molecule has 5 heteroatoms. The van der Waals surface area contributed by atoms with Crippen molar-refractivity contribution in [3.05, 3.63) is 0 Å². The molecule has 0 aliphatic heterocycles. The van der Waals surface area contributed by atoms with E-state index in [0.717, 1.165) is 12.8 Å². The van der Waals surface area contributed by atoms with Crippen molar-refractivity contribution in [2.75, 3.05) is 12.4 Å². The van der Waals surface area contributed by atoms with Crippen LogP contribution in [0.2, 0.25) is 4.94 Å². The fraction of sp³-hybridized carbons (Fsp3) is 0.917. The summed E-state index contributed by atoms with van der Waals surface area (Å²) in [5, 5.41) is 0. The van der Waals surface area contributed by atoms with E-state index in [2.05, 4.69) is 24.5 Å². The van der Waals surface area contributed by atoms with Crippen LogP contribution in [-0.2, 0) is 9.53 Å². The van der Waals surface area contributed by atoms with Crippen molar-refractivity contribution in [2.24, 2.45) is 0 Å². The van der Waals surface area contributed by atoms with Gasteiger partial charge in [-0.25, -0.2) is 0 Å². The van der Waals surface area contributed by atoms with Crippen LogP contribution in [-0.4, -0.2) is 38.3 Å². The van der Waals surface area contributed by atoms with E-state index < -0.39 is 0 Å². The van der Waals surface area contributed by atoms with Crippen LogP contribution in [0.15, 0.2) is 0 Å². The summed E-state index contributed by atoms with van der Waals surface area (Å²) in [6.07, 6.45) is 7.80. The van der Waals surface area contributed by atoms with Crippen molar-refractivity contribution in [3.63, 3.8) is 0 Å². The van der Waals surface area contributed by atoms with Gasteiger partial charge in [0.15, 0.2) is 0 Å². The van der Waals surface area contributed by atoms with Crippen LogP contribution in [0.3, 0.4) is 0 Å². The molecule has 0 aromatic rings. The van der Waals surface area contributed by atoms with E-state index in [9.17, 15) is 4.79 Å². The third-order valence-corrected chi connectivity index (χ3v) is 2.27. The van der Waals surface area contributed by atoms with Gasteiger partial charge in [0.2, 0.25) is 0 Å². The Hall–Kier alpha value is 0.909. The Bertz CT molecular complexity index is 159. The number of unbranched alkanes of at least 4 members (excludes halogenated alkanes) is 5. The van der Waals surface area contributed by atoms with E-state index >= 15 is 0 Å². The van der Waals surface area contributed by atoms with Gasteiger partial charge in [0.25, 0.3) is 0 Å². The summed E-state index contributed by atoms with van der Waals surface area (Å²) in [6.45, 7) is 2.65. The molecular formula is C12H25ClO2SSn. The van der Waals surface area contributed by atoms with Crippen LogP contribution in [0, 0.1) is 0 Å². The fourth-order valence-electron chi connectivity index (χ4n) is 1.28. The van der Waals surface area contributed by atoms with Gasteiger partial charge in [-0.3, -0.25) is 4.79 Å². The topological polar surface area (TPSA) is 26.3 Å². The second-order valence-corrected chi connectivity index (χ2v) is 7.71. The summed E-state index contributed by atoms with van der Waals surface area (Å²) in [5.41, 5.74) is 0. The number of rotatable bonds is 9. The van der Waals surface area contributed by atoms with Crippen LogP contribution < -0.4 is 0 Å². The number of thiol groups is 1. The van der Waals surface area contributed by atoms with Crippen molar-refractivity contribution in [1.82, 2.24) is 0 Å². The summed E-state index contributed by atoms with van der Waals surface area (Å²) in [5.74, 6) is 0.539. The van der Waals surface area contributed by atoms with Crippen LogP contribution in [0.4, 0.5) is 0 Å². The van der Waals surface area contributed by atoms with E-state index in [1.165, 1.54) is 25.7 Å². The number of carbonyl (C=O) groups is 1. The predicted molar refractivity (Wildman–Crippen MR) is 80.3 cm³/mol. The van der Waals surface area contributed by atoms with Crippen molar-refractivity contribution in [2.45, 2.75) is 56.8 Å². The minimum absolute atomic E-state index is 0.0745. The van der Waals surface area contributed by atoms with Crippen molar-refractivity contribution in [1.29, 1.82) is 0 Å². The van der Waals surface area contributed by atoms with Crippen LogP contribution >= 0.6 is 21.5 Å². The molecule has 0 heterocycles. The molecule has 102 valence electrons. The Labute approximate surface area is 126 Å². The molecule has 0 saturated carbocycles. The van der Waals surface area contributed by atoms with Crippen molar-refractivity contribution in [3.8, 4) is 0 Å². The van der Waals surface area contributed by atoms with E-state index in [-0.39, 0.29) is 26.0 Å². The molecule has 0 amide bonds. The Morgan fingerprint density at radius 3 is 2.29 bits per heavy atom. The standard InChI is InChI=1S/C11H22O2S.CH3.ClH.Sn/c1-2-3-4-5-6-7-8-11(12)13-9-10-14;;;/h14H,2-10H2,1H3;1H3;1H;/q;;;+1/p-1. The molecule has 0 unspecified atom stereocenters. The van der Waals surface area contributed by atoms with Crippen molar-refractivity contribution >= 4 is 47.5 Å². The second kappa shape index (κ2) is 19.3. The molecule has 0 aliphatic carbocycles. The van der Waals surface area contributed by atoms with Crippen LogP contribution in [0.1, 0.15) is 51.9 Å². The SMILES string of the molecule is CCCCCCCCC(=O)OCCS.[CH3][Sn][Cl]. The Morgan fingerprint density at radius 1 is 1.24 bits per heavy atom. The quantitative estimate of drug-likeness (QED) is 0.279. The van der Waals surface area contributed by atoms with Gasteiger partial charge in [0.05, 0.1) is 0 Å². The van der Waals surface area contributed by atoms with E-state index in [4.69, 9.17) is 13.7 Å². The molecule has 2 nitrogen and oxygen atoms in total. The van der Waals surface area contributed by atoms with Gasteiger partial charge in [-0.15, -0.1) is 0 Å². The predicted octanol–water partition coefficient (Wildman–Crippen LogP) is 4.10. The molecule has 0 bridgehead atoms. The average molecular weight is 388 g/mol. The van der Waals surface area contributed by atoms with Crippen molar-refractivity contribution < 1.29 is 9.53 Å². The first-order valence-corrected chi connectivity index (χ1v) is 13.4. The van der Waals surface area contributed by atoms with E-state index in [1.807, 2.05) is 0 Å². The van der Waals surface area contributed by atoms with Gasteiger partial charge in [0.1, 0.15) is 6.61 Å². The molecule has 0 saturated heterocycles. The summed E-state index contributed by atoms with van der Waals surface area (Å²) >= 11 is 3.67. The summed E-state index contributed by atoms with van der Waals surface area (Å²) < 4.78 is 4.90. The molecule has 0 aromatic heterocycles. The summed E-state index contributed by atoms with van der Waals surface area (Å²) in [4.78, 5) is 13.1. The van der Waals surface area contributed by atoms with Crippen LogP contribution in [0.25, 0.3) is 0 Å². The van der Waals surface area contributed by atoms with Gasteiger partial charge in [-0.1, -0.05) is 39.0 Å². The number of hydrogen-bond acceptors (Lipinski definition) is 3. The van der Waals surface area contributed by atoms with Crippen LogP contribution in [0.5, 0.6) is 0 Å². The van der Waals surface area contributed by atoms with E-state index in [1.54, 1.807) is 0 Å². The number of carbonyl (C=O) groups excluding carboxylic acids is 1. The van der Waals surface area contributed by atoms with Gasteiger partial charge >= 0.3 is 39.8 Å². The normalized spacial score (nSPS) is 9.41. The molecule has 0 rings (SSSR count). The molecular weight excluding hydrogens is 362 g/mol. The maximum absolute atomic E-state index is 11.0. The van der Waals surface area contributed by atoms with Gasteiger partial charge in [-0.05, 0) is 6.42 Å². The molecule has 0 aromatic carbocycles. The first-order chi connectivity index (χ1) is 8.22. The average Bonchev–Trinajstić information content (AvgIpc) is 2.32. The van der Waals surface area contributed by atoms with Gasteiger partial charge in [-0.2, -0.15) is 12.6 Å². The molecule has 0 N–H and O–H groups in total. The van der Waals surface area contributed by atoms with Gasteiger partial charge in [0, 0.05) is 12.2 Å². The Morgan fingerprint density at radius 2 is 1.76 bits per heavy atom. The summed E-state index contributed by atoms with van der Waals surface area (Å²) in [6, 6.07) is 0. The monoisotopic (exact) mass is 388 g/mol. The maximum atomic E-state index is 11.0. The zero-order valence-corrected chi connectivity index (χ0v) is 15.5. The number of ether oxygens (including phenoxy) is 1. The first-order valence-electron chi connectivity index (χ1n) is 6.26. The Kier molecular flexibility index (Phi) is 22.9.